The number of nitrogens with zero attached hydrogens (tertiary/aromatic N) is 2. The maximum absolute atomic E-state index is 13.0. The number of carbonyl (C=O) groups excluding carboxylic acids is 3. The average molecular weight is 512 g/mol. The Morgan fingerprint density at radius 3 is 1.94 bits per heavy atom. The topological polar surface area (TPSA) is 89.0 Å². The zero-order chi connectivity index (χ0) is 26.5. The number of nitrogens with one attached hydrogen (secondary N) is 1. The van der Waals surface area contributed by atoms with Crippen molar-refractivity contribution in [3.8, 4) is 10.4 Å². The highest BCUT2D eigenvalue weighted by atomic mass is 32.1. The molecule has 0 unspecified atom stereocenters. The Bertz CT molecular complexity index is 1050. The maximum Gasteiger partial charge on any atom is 0.373 e. The van der Waals surface area contributed by atoms with Crippen molar-refractivity contribution in [2.75, 3.05) is 0 Å². The Balaban J connectivity index is 0.00000115. The van der Waals surface area contributed by atoms with Crippen molar-refractivity contribution in [1.82, 2.24) is 15.3 Å². The zero-order valence-corrected chi connectivity index (χ0v) is 23.5. The van der Waals surface area contributed by atoms with Gasteiger partial charge in [-0.1, -0.05) is 73.6 Å². The van der Waals surface area contributed by atoms with Crippen molar-refractivity contribution < 1.29 is 14.4 Å². The fraction of sp³-hybridized carbons (Fsp3) is 0.655. The van der Waals surface area contributed by atoms with Crippen molar-refractivity contribution in [2.45, 2.75) is 116 Å². The molecule has 2 aromatic rings. The van der Waals surface area contributed by atoms with Crippen molar-refractivity contribution >= 4 is 23.4 Å². The molecule has 196 valence electrons. The van der Waals surface area contributed by atoms with E-state index in [9.17, 15) is 4.79 Å². The molecule has 2 aliphatic rings. The van der Waals surface area contributed by atoms with E-state index in [2.05, 4.69) is 59.0 Å². The average Bonchev–Trinajstić information content (AvgIpc) is 3.20. The van der Waals surface area contributed by atoms with Crippen molar-refractivity contribution in [3.63, 3.8) is 0 Å². The molecule has 2 aromatic heterocycles. The molecule has 0 saturated heterocycles. The third-order valence-corrected chi connectivity index (χ3v) is 8.31. The Labute approximate surface area is 219 Å². The van der Waals surface area contributed by atoms with Crippen molar-refractivity contribution in [3.05, 3.63) is 34.2 Å². The van der Waals surface area contributed by atoms with E-state index >= 15 is 0 Å². The molecular formula is C29H41N3O3S. The second-order valence-electron chi connectivity index (χ2n) is 12.3. The van der Waals surface area contributed by atoms with E-state index in [1.807, 2.05) is 0 Å². The van der Waals surface area contributed by atoms with Crippen LogP contribution in [0.3, 0.4) is 0 Å². The van der Waals surface area contributed by atoms with Crippen LogP contribution in [-0.4, -0.2) is 28.1 Å². The van der Waals surface area contributed by atoms with E-state index in [0.717, 1.165) is 41.2 Å². The van der Waals surface area contributed by atoms with Crippen LogP contribution >= 0.6 is 11.3 Å². The lowest BCUT2D eigenvalue weighted by Crippen LogP contribution is -2.39. The van der Waals surface area contributed by atoms with E-state index < -0.39 is 0 Å². The first kappa shape index (κ1) is 28.2. The van der Waals surface area contributed by atoms with Crippen LogP contribution in [-0.2, 0) is 26.8 Å². The molecule has 36 heavy (non-hydrogen) atoms. The van der Waals surface area contributed by atoms with Crippen molar-refractivity contribution in [2.24, 2.45) is 5.92 Å². The third-order valence-electron chi connectivity index (χ3n) is 7.16. The quantitative estimate of drug-likeness (QED) is 0.487. The maximum atomic E-state index is 13.0. The number of hydrogen-bond acceptors (Lipinski definition) is 6. The number of amides is 1. The summed E-state index contributed by atoms with van der Waals surface area (Å²) in [6.45, 7) is 13.3. The SMILES string of the molecule is CC(C)(C)c1cc(-c2sc(C(=O)NC3CCC3)nc2CC2CCCCC2)cc(C(C)(C)C)n1.O=C=O. The van der Waals surface area contributed by atoms with Gasteiger partial charge in [-0.05, 0) is 49.3 Å². The summed E-state index contributed by atoms with van der Waals surface area (Å²) in [7, 11) is 0. The highest BCUT2D eigenvalue weighted by Gasteiger charge is 2.28. The summed E-state index contributed by atoms with van der Waals surface area (Å²) in [5.41, 5.74) is 4.39. The molecule has 2 heterocycles. The fourth-order valence-corrected chi connectivity index (χ4v) is 5.69. The Morgan fingerprint density at radius 1 is 0.917 bits per heavy atom. The lowest BCUT2D eigenvalue weighted by Gasteiger charge is -2.25. The molecule has 1 amide bonds. The summed E-state index contributed by atoms with van der Waals surface area (Å²) in [4.78, 5) is 40.4. The van der Waals surface area contributed by atoms with Crippen LogP contribution in [0.1, 0.15) is 120 Å². The smallest absolute Gasteiger partial charge is 0.347 e. The Morgan fingerprint density at radius 2 is 1.47 bits per heavy atom. The molecule has 0 aliphatic heterocycles. The van der Waals surface area contributed by atoms with Gasteiger partial charge in [0, 0.05) is 28.3 Å². The van der Waals surface area contributed by atoms with Gasteiger partial charge in [0.15, 0.2) is 5.01 Å². The van der Waals surface area contributed by atoms with E-state index in [-0.39, 0.29) is 22.9 Å². The predicted molar refractivity (Wildman–Crippen MR) is 143 cm³/mol. The fourth-order valence-electron chi connectivity index (χ4n) is 4.71. The van der Waals surface area contributed by atoms with Crippen LogP contribution in [0.25, 0.3) is 10.4 Å². The Hall–Kier alpha value is -2.37. The first-order valence-electron chi connectivity index (χ1n) is 13.3. The lowest BCUT2D eigenvalue weighted by atomic mass is 9.84. The van der Waals surface area contributed by atoms with Crippen LogP contribution in [0.15, 0.2) is 12.1 Å². The summed E-state index contributed by atoms with van der Waals surface area (Å²) < 4.78 is 0. The third kappa shape index (κ3) is 7.33. The molecule has 0 spiro atoms. The van der Waals surface area contributed by atoms with Gasteiger partial charge >= 0.3 is 6.15 Å². The van der Waals surface area contributed by atoms with Crippen LogP contribution < -0.4 is 5.32 Å². The first-order valence-corrected chi connectivity index (χ1v) is 14.1. The van der Waals surface area contributed by atoms with E-state index in [1.54, 1.807) is 11.3 Å². The highest BCUT2D eigenvalue weighted by molar-refractivity contribution is 7.17. The largest absolute Gasteiger partial charge is 0.373 e. The molecule has 2 saturated carbocycles. The lowest BCUT2D eigenvalue weighted by molar-refractivity contribution is -0.191. The minimum Gasteiger partial charge on any atom is -0.347 e. The number of pyridine rings is 1. The molecule has 4 rings (SSSR count). The van der Waals surface area contributed by atoms with Gasteiger partial charge in [-0.25, -0.2) is 4.98 Å². The zero-order valence-electron chi connectivity index (χ0n) is 22.7. The van der Waals surface area contributed by atoms with Crippen LogP contribution in [0.5, 0.6) is 0 Å². The van der Waals surface area contributed by atoms with E-state index in [4.69, 9.17) is 19.6 Å². The number of rotatable bonds is 5. The summed E-state index contributed by atoms with van der Waals surface area (Å²) in [5.74, 6) is 0.676. The minimum atomic E-state index is -0.0470. The Kier molecular flexibility index (Phi) is 9.23. The number of thiazole rings is 1. The summed E-state index contributed by atoms with van der Waals surface area (Å²) in [5, 5.41) is 3.82. The predicted octanol–water partition coefficient (Wildman–Crippen LogP) is 6.62. The number of carbonyl (C=O) groups is 1. The minimum absolute atomic E-state index is 0.00184. The number of aromatic nitrogens is 2. The molecule has 7 heteroatoms. The molecular weight excluding hydrogens is 470 g/mol. The van der Waals surface area contributed by atoms with Crippen molar-refractivity contribution in [1.29, 1.82) is 0 Å². The van der Waals surface area contributed by atoms with Gasteiger partial charge < -0.3 is 5.32 Å². The second kappa shape index (κ2) is 11.8. The highest BCUT2D eigenvalue weighted by Crippen LogP contribution is 2.38. The summed E-state index contributed by atoms with van der Waals surface area (Å²) in [6, 6.07) is 4.80. The summed E-state index contributed by atoms with van der Waals surface area (Å²) in [6.07, 6.45) is 11.1. The molecule has 0 aromatic carbocycles. The molecule has 1 N–H and O–H groups in total. The van der Waals surface area contributed by atoms with Crippen LogP contribution in [0, 0.1) is 5.92 Å². The summed E-state index contributed by atoms with van der Waals surface area (Å²) >= 11 is 1.57. The van der Waals surface area contributed by atoms with Gasteiger partial charge in [-0.3, -0.25) is 9.78 Å². The van der Waals surface area contributed by atoms with Gasteiger partial charge in [-0.2, -0.15) is 9.59 Å². The molecule has 2 fully saturated rings. The molecule has 6 nitrogen and oxygen atoms in total. The van der Waals surface area contributed by atoms with E-state index in [0.29, 0.717) is 17.0 Å². The van der Waals surface area contributed by atoms with Gasteiger partial charge in [0.25, 0.3) is 5.91 Å². The first-order chi connectivity index (χ1) is 16.9. The van der Waals surface area contributed by atoms with E-state index in [1.165, 1.54) is 44.1 Å². The normalized spacial score (nSPS) is 16.9. The monoisotopic (exact) mass is 511 g/mol. The molecule has 0 bridgehead atoms. The van der Waals surface area contributed by atoms with Gasteiger partial charge in [-0.15, -0.1) is 11.3 Å². The molecule has 2 aliphatic carbocycles. The van der Waals surface area contributed by atoms with Gasteiger partial charge in [0.1, 0.15) is 0 Å². The molecule has 0 radical (unpaired) electrons. The molecule has 0 atom stereocenters. The van der Waals surface area contributed by atoms with Gasteiger partial charge in [0.2, 0.25) is 0 Å². The number of hydrogen-bond donors (Lipinski definition) is 1. The van der Waals surface area contributed by atoms with Gasteiger partial charge in [0.05, 0.1) is 10.6 Å². The van der Waals surface area contributed by atoms with Crippen LogP contribution in [0.2, 0.25) is 0 Å². The standard InChI is InChI=1S/C28H41N3OS.CO2/c1-27(2,3)22-16-19(17-23(31-22)28(4,5)6)24-21(15-18-11-8-7-9-12-18)30-26(33-24)25(32)29-20-13-10-14-20;2-1-3/h16-18,20H,7-15H2,1-6H3,(H,29,32);. The second-order valence-corrected chi connectivity index (χ2v) is 13.3. The van der Waals surface area contributed by atoms with Crippen LogP contribution in [0.4, 0.5) is 0 Å².